The largest absolute Gasteiger partial charge is 0.508 e. The van der Waals surface area contributed by atoms with Crippen LogP contribution in [-0.4, -0.2) is 115 Å². The van der Waals surface area contributed by atoms with Crippen LogP contribution < -0.4 is 26.8 Å². The lowest BCUT2D eigenvalue weighted by Gasteiger charge is -2.30. The molecule has 0 fully saturated rings. The second kappa shape index (κ2) is 32.9. The average Bonchev–Trinajstić information content (AvgIpc) is 4.00. The molecule has 0 aliphatic carbocycles. The number of halogens is 1. The van der Waals surface area contributed by atoms with Gasteiger partial charge in [0, 0.05) is 0 Å². The third kappa shape index (κ3) is 24.4. The SMILES string of the molecule is CCCCCOC(=O)C(C)(C)N.C[C@H](Cn1cnc2c(N)ncnc21)OCP(=O)(O)O.Cl.N#Cc1cccc(O)c1.[C-]#[N+]c1cccc(OP(=O)(CO[C@H](C)Cn2cnc3c(N)ncnc32)NC(C)(C)C(=O)OCCCCC)c1. The molecule has 0 aliphatic rings. The number of aromatic hydroxyl groups is 1. The van der Waals surface area contributed by atoms with E-state index < -0.39 is 50.7 Å². The van der Waals surface area contributed by atoms with E-state index in [1.165, 1.54) is 37.2 Å². The number of anilines is 2. The minimum Gasteiger partial charge on any atom is -0.508 e. The molecule has 1 unspecified atom stereocenters. The fourth-order valence-corrected chi connectivity index (χ4v) is 8.94. The molecule has 0 saturated heterocycles. The molecule has 0 amide bonds. The zero-order chi connectivity index (χ0) is 58.1. The summed E-state index contributed by atoms with van der Waals surface area (Å²) in [6, 6.07) is 14.4. The van der Waals surface area contributed by atoms with Gasteiger partial charge >= 0.3 is 27.1 Å². The first-order valence-corrected chi connectivity index (χ1v) is 28.3. The van der Waals surface area contributed by atoms with Crippen LogP contribution in [0.1, 0.15) is 99.5 Å². The molecule has 4 aromatic heterocycles. The van der Waals surface area contributed by atoms with E-state index in [-0.39, 0.29) is 54.5 Å². The Morgan fingerprint density at radius 3 is 1.75 bits per heavy atom. The van der Waals surface area contributed by atoms with E-state index in [4.69, 9.17) is 67.4 Å². The van der Waals surface area contributed by atoms with E-state index in [0.29, 0.717) is 53.3 Å². The van der Waals surface area contributed by atoms with Crippen molar-refractivity contribution in [2.45, 2.75) is 130 Å². The van der Waals surface area contributed by atoms with Crippen molar-refractivity contribution in [3.8, 4) is 17.6 Å². The highest BCUT2D eigenvalue weighted by Crippen LogP contribution is 2.46. The van der Waals surface area contributed by atoms with Crippen LogP contribution in [0.15, 0.2) is 73.8 Å². The molecule has 3 atom stereocenters. The van der Waals surface area contributed by atoms with Gasteiger partial charge in [-0.15, -0.1) is 12.4 Å². The summed E-state index contributed by atoms with van der Waals surface area (Å²) in [6.45, 7) is 22.8. The fraction of sp³-hybridized carbons (Fsp3) is 0.480. The van der Waals surface area contributed by atoms with E-state index in [1.54, 1.807) is 87.3 Å². The van der Waals surface area contributed by atoms with Gasteiger partial charge in [-0.3, -0.25) is 18.7 Å². The Bertz CT molecular complexity index is 3050. The lowest BCUT2D eigenvalue weighted by Crippen LogP contribution is -2.47. The van der Waals surface area contributed by atoms with Gasteiger partial charge in [-0.25, -0.2) is 39.8 Å². The number of imidazole rings is 2. The number of unbranched alkanes of at least 4 members (excludes halogenated alkanes) is 4. The van der Waals surface area contributed by atoms with Crippen LogP contribution in [0.2, 0.25) is 0 Å². The maximum atomic E-state index is 14.0. The summed E-state index contributed by atoms with van der Waals surface area (Å²) in [5.41, 5.74) is 17.7. The van der Waals surface area contributed by atoms with Crippen LogP contribution in [0.4, 0.5) is 17.3 Å². The highest BCUT2D eigenvalue weighted by Gasteiger charge is 2.39. The number of fused-ring (bicyclic) bond motifs is 2. The molecule has 0 radical (unpaired) electrons. The summed E-state index contributed by atoms with van der Waals surface area (Å²) in [5.74, 6) is 0.0306. The number of phenolic OH excluding ortho intramolecular Hbond substituents is 1. The fourth-order valence-electron chi connectivity index (χ4n) is 6.48. The first-order valence-electron chi connectivity index (χ1n) is 24.7. The van der Waals surface area contributed by atoms with Gasteiger partial charge in [0.1, 0.15) is 59.0 Å². The number of carbonyl (C=O) groups is 2. The topological polar surface area (TPSA) is 381 Å². The van der Waals surface area contributed by atoms with Crippen molar-refractivity contribution in [2.24, 2.45) is 5.73 Å². The lowest BCUT2D eigenvalue weighted by molar-refractivity contribution is -0.150. The number of nitrogens with one attached hydrogen (secondary N) is 1. The van der Waals surface area contributed by atoms with Crippen LogP contribution in [0.3, 0.4) is 0 Å². The van der Waals surface area contributed by atoms with Crippen molar-refractivity contribution >= 4 is 79.1 Å². The number of phenols is 1. The van der Waals surface area contributed by atoms with Crippen molar-refractivity contribution in [2.75, 3.05) is 37.4 Å². The number of benzene rings is 2. The number of nitrogens with two attached hydrogens (primary N) is 3. The first kappa shape index (κ1) is 68.3. The van der Waals surface area contributed by atoms with E-state index in [2.05, 4.69) is 53.7 Å². The van der Waals surface area contributed by atoms with Crippen molar-refractivity contribution in [3.63, 3.8) is 0 Å². The number of nitrogen functional groups attached to an aromatic ring is 2. The number of esters is 2. The van der Waals surface area contributed by atoms with Crippen LogP contribution in [0, 0.1) is 17.9 Å². The zero-order valence-electron chi connectivity index (χ0n) is 45.6. The number of carbonyl (C=O) groups excluding carboxylic acids is 2. The van der Waals surface area contributed by atoms with Crippen molar-refractivity contribution in [1.29, 1.82) is 5.26 Å². The van der Waals surface area contributed by atoms with Crippen molar-refractivity contribution in [1.82, 2.24) is 44.1 Å². The molecule has 0 saturated carbocycles. The molecule has 0 aliphatic heterocycles. The second-order valence-electron chi connectivity index (χ2n) is 18.7. The van der Waals surface area contributed by atoms with Crippen molar-refractivity contribution in [3.05, 3.63) is 90.8 Å². The summed E-state index contributed by atoms with van der Waals surface area (Å²) < 4.78 is 55.4. The van der Waals surface area contributed by atoms with Crippen LogP contribution >= 0.6 is 27.5 Å². The Morgan fingerprint density at radius 1 is 0.785 bits per heavy atom. The van der Waals surface area contributed by atoms with E-state index in [1.807, 2.05) is 6.07 Å². The second-order valence-corrected chi connectivity index (χ2v) is 22.3. The molecule has 6 aromatic rings. The molecule has 10 N–H and O–H groups in total. The number of rotatable bonds is 24. The number of nitrogens with zero attached hydrogens (tertiary/aromatic N) is 10. The maximum Gasteiger partial charge on any atom is 0.350 e. The Kier molecular flexibility index (Phi) is 28.5. The lowest BCUT2D eigenvalue weighted by atomic mass is 10.1. The normalized spacial score (nSPS) is 12.7. The zero-order valence-corrected chi connectivity index (χ0v) is 48.2. The average molecular weight is 1160 g/mol. The minimum absolute atomic E-state index is 0. The molecule has 79 heavy (non-hydrogen) atoms. The molecule has 432 valence electrons. The predicted octanol–water partition coefficient (Wildman–Crippen LogP) is 7.79. The van der Waals surface area contributed by atoms with E-state index in [9.17, 15) is 18.7 Å². The van der Waals surface area contributed by atoms with Gasteiger partial charge in [0.25, 0.3) is 0 Å². The summed E-state index contributed by atoms with van der Waals surface area (Å²) >= 11 is 0. The molecule has 26 nitrogen and oxygen atoms in total. The van der Waals surface area contributed by atoms with Gasteiger partial charge in [-0.1, -0.05) is 57.7 Å². The molecule has 4 heterocycles. The Morgan fingerprint density at radius 2 is 1.29 bits per heavy atom. The van der Waals surface area contributed by atoms with Gasteiger partial charge < -0.3 is 64.7 Å². The predicted molar refractivity (Wildman–Crippen MR) is 300 cm³/mol. The molecular weight excluding hydrogens is 1090 g/mol. The van der Waals surface area contributed by atoms with Gasteiger partial charge in [0.15, 0.2) is 28.6 Å². The summed E-state index contributed by atoms with van der Waals surface area (Å²) in [7, 11) is -8.00. The number of nitriles is 1. The molecule has 2 aromatic carbocycles. The van der Waals surface area contributed by atoms with E-state index in [0.717, 1.165) is 38.5 Å². The number of hydrogen-bond acceptors (Lipinski definition) is 20. The summed E-state index contributed by atoms with van der Waals surface area (Å²) in [4.78, 5) is 69.1. The van der Waals surface area contributed by atoms with E-state index >= 15 is 0 Å². The summed E-state index contributed by atoms with van der Waals surface area (Å²) in [5, 5.41) is 19.9. The molecule has 6 rings (SSSR count). The smallest absolute Gasteiger partial charge is 0.350 e. The summed E-state index contributed by atoms with van der Waals surface area (Å²) in [6.07, 6.45) is 9.83. The van der Waals surface area contributed by atoms with Gasteiger partial charge in [0.2, 0.25) is 0 Å². The van der Waals surface area contributed by atoms with Gasteiger partial charge in [-0.2, -0.15) is 5.26 Å². The Hall–Kier alpha value is -6.83. The quantitative estimate of drug-likeness (QED) is 0.0131. The van der Waals surface area contributed by atoms with Gasteiger partial charge in [0.05, 0.1) is 69.4 Å². The molecule has 29 heteroatoms. The minimum atomic E-state index is -4.16. The Balaban J connectivity index is 0.000000427. The van der Waals surface area contributed by atoms with Crippen LogP contribution in [0.25, 0.3) is 27.2 Å². The highest BCUT2D eigenvalue weighted by molar-refractivity contribution is 7.57. The highest BCUT2D eigenvalue weighted by atomic mass is 35.5. The molecule has 0 bridgehead atoms. The maximum absolute atomic E-state index is 14.0. The monoisotopic (exact) mass is 1160 g/mol. The van der Waals surface area contributed by atoms with Crippen molar-refractivity contribution < 1.29 is 57.1 Å². The van der Waals surface area contributed by atoms with Crippen LogP contribution in [0.5, 0.6) is 11.5 Å². The first-order chi connectivity index (χ1) is 36.7. The standard InChI is InChI=1S/C25H34N7O5P.C9H14N5O4P.C9H19NO2.C7H5NO.ClH/c1-6-7-8-12-35-24(33)25(3,4)31-38(34,37-20-11-9-10-19(13-20)27-5)17-36-18(2)14-32-16-30-21-22(26)28-15-29-23(21)32;1-6(18-5-19(15,16)17)2-14-4-13-7-8(10)11-3-12-9(7)14;1-4-5-6-7-12-8(11)9(2,3)10;8-5-6-2-1-3-7(9)4-6;/h9-11,13,15-16,18H,6-8,12,14,17H2,1-4H3,(H,31,34)(H2,26,28,29);3-4,6H,2,5H2,1H3,(H2,10,11,12)(H2,15,16,17);4-7,10H2,1-3H3;1-4,9H;1H/t18-,38?;6-;;;/m11.../s1. The number of aromatic nitrogens is 8. The Labute approximate surface area is 465 Å². The number of hydrogen-bond donors (Lipinski definition) is 7. The third-order valence-corrected chi connectivity index (χ3v) is 12.8. The molecule has 0 spiro atoms. The number of ether oxygens (including phenoxy) is 4. The van der Waals surface area contributed by atoms with Crippen LogP contribution in [-0.2, 0) is 50.8 Å². The van der Waals surface area contributed by atoms with Gasteiger partial charge in [-0.05, 0) is 84.7 Å². The molecular formula is C50H73ClN14O12P2. The third-order valence-electron chi connectivity index (χ3n) is 10.4.